The molecular weight excluding hydrogens is 224 g/mol. The molecule has 1 aromatic heterocycles. The van der Waals surface area contributed by atoms with E-state index in [1.165, 1.54) is 11.1 Å². The van der Waals surface area contributed by atoms with Gasteiger partial charge < -0.3 is 10.6 Å². The summed E-state index contributed by atoms with van der Waals surface area (Å²) >= 11 is 0. The highest BCUT2D eigenvalue weighted by molar-refractivity contribution is 5.42. The number of rotatable bonds is 4. The standard InChI is InChI=1S/C14H18N4/c1-10-4-6-12(7-5-10)9-16-13-8-11(2)17-14(15-3)18-13/h4-8H,9H2,1-3H3,(H2,15,16,17,18). The molecule has 0 amide bonds. The molecule has 0 aliphatic rings. The third-order valence-corrected chi connectivity index (χ3v) is 2.67. The summed E-state index contributed by atoms with van der Waals surface area (Å²) in [4.78, 5) is 8.61. The summed E-state index contributed by atoms with van der Waals surface area (Å²) in [7, 11) is 1.82. The van der Waals surface area contributed by atoms with E-state index in [-0.39, 0.29) is 0 Å². The van der Waals surface area contributed by atoms with Crippen molar-refractivity contribution in [1.82, 2.24) is 9.97 Å². The van der Waals surface area contributed by atoms with E-state index >= 15 is 0 Å². The molecule has 0 saturated carbocycles. The van der Waals surface area contributed by atoms with Crippen LogP contribution in [-0.4, -0.2) is 17.0 Å². The second-order valence-electron chi connectivity index (χ2n) is 4.31. The van der Waals surface area contributed by atoms with Crippen LogP contribution in [-0.2, 0) is 6.54 Å². The molecule has 0 bridgehead atoms. The van der Waals surface area contributed by atoms with Crippen molar-refractivity contribution in [3.63, 3.8) is 0 Å². The summed E-state index contributed by atoms with van der Waals surface area (Å²) in [5.41, 5.74) is 3.46. The third-order valence-electron chi connectivity index (χ3n) is 2.67. The lowest BCUT2D eigenvalue weighted by Gasteiger charge is -2.08. The van der Waals surface area contributed by atoms with Crippen LogP contribution in [0.15, 0.2) is 30.3 Å². The first-order chi connectivity index (χ1) is 8.67. The lowest BCUT2D eigenvalue weighted by molar-refractivity contribution is 1.05. The number of hydrogen-bond acceptors (Lipinski definition) is 4. The summed E-state index contributed by atoms with van der Waals surface area (Å²) in [6.07, 6.45) is 0. The van der Waals surface area contributed by atoms with Gasteiger partial charge in [-0.3, -0.25) is 0 Å². The van der Waals surface area contributed by atoms with Crippen LogP contribution in [0.2, 0.25) is 0 Å². The summed E-state index contributed by atoms with van der Waals surface area (Å²) in [5.74, 6) is 1.48. The molecule has 4 nitrogen and oxygen atoms in total. The molecule has 2 rings (SSSR count). The van der Waals surface area contributed by atoms with E-state index in [1.807, 2.05) is 20.0 Å². The lowest BCUT2D eigenvalue weighted by Crippen LogP contribution is -2.05. The van der Waals surface area contributed by atoms with Crippen molar-refractivity contribution in [3.05, 3.63) is 47.2 Å². The van der Waals surface area contributed by atoms with E-state index in [1.54, 1.807) is 0 Å². The van der Waals surface area contributed by atoms with Crippen molar-refractivity contribution >= 4 is 11.8 Å². The third kappa shape index (κ3) is 3.20. The highest BCUT2D eigenvalue weighted by atomic mass is 15.1. The Bertz CT molecular complexity index is 520. The Morgan fingerprint density at radius 3 is 2.44 bits per heavy atom. The maximum atomic E-state index is 4.35. The molecule has 0 spiro atoms. The van der Waals surface area contributed by atoms with Crippen molar-refractivity contribution in [1.29, 1.82) is 0 Å². The Morgan fingerprint density at radius 2 is 1.78 bits per heavy atom. The number of anilines is 2. The number of nitrogens with one attached hydrogen (secondary N) is 2. The smallest absolute Gasteiger partial charge is 0.224 e. The number of aryl methyl sites for hydroxylation is 2. The van der Waals surface area contributed by atoms with Gasteiger partial charge in [0.25, 0.3) is 0 Å². The molecule has 2 aromatic rings. The van der Waals surface area contributed by atoms with Crippen molar-refractivity contribution in [2.45, 2.75) is 20.4 Å². The normalized spacial score (nSPS) is 10.2. The molecule has 0 aliphatic carbocycles. The number of hydrogen-bond donors (Lipinski definition) is 2. The Morgan fingerprint density at radius 1 is 1.06 bits per heavy atom. The van der Waals surface area contributed by atoms with Crippen LogP contribution >= 0.6 is 0 Å². The Labute approximate surface area is 107 Å². The second-order valence-corrected chi connectivity index (χ2v) is 4.31. The summed E-state index contributed by atoms with van der Waals surface area (Å²) < 4.78 is 0. The van der Waals surface area contributed by atoms with Gasteiger partial charge in [0.15, 0.2) is 0 Å². The molecule has 1 heterocycles. The van der Waals surface area contributed by atoms with Crippen LogP contribution in [0.25, 0.3) is 0 Å². The highest BCUT2D eigenvalue weighted by Crippen LogP contribution is 2.11. The van der Waals surface area contributed by atoms with E-state index < -0.39 is 0 Å². The minimum atomic E-state index is 0.640. The maximum absolute atomic E-state index is 4.35. The van der Waals surface area contributed by atoms with Crippen molar-refractivity contribution in [3.8, 4) is 0 Å². The zero-order valence-corrected chi connectivity index (χ0v) is 11.0. The first-order valence-electron chi connectivity index (χ1n) is 6.00. The Balaban J connectivity index is 2.05. The molecule has 18 heavy (non-hydrogen) atoms. The minimum absolute atomic E-state index is 0.640. The first kappa shape index (κ1) is 12.4. The molecule has 2 N–H and O–H groups in total. The average molecular weight is 242 g/mol. The summed E-state index contributed by atoms with van der Waals surface area (Å²) in [6, 6.07) is 10.4. The predicted molar refractivity (Wildman–Crippen MR) is 74.8 cm³/mol. The molecule has 0 fully saturated rings. The SMILES string of the molecule is CNc1nc(C)cc(NCc2ccc(C)cc2)n1. The summed E-state index contributed by atoms with van der Waals surface area (Å²) in [6.45, 7) is 4.81. The second kappa shape index (κ2) is 5.49. The van der Waals surface area contributed by atoms with Crippen LogP contribution in [0.1, 0.15) is 16.8 Å². The van der Waals surface area contributed by atoms with E-state index in [0.717, 1.165) is 18.1 Å². The lowest BCUT2D eigenvalue weighted by atomic mass is 10.1. The molecular formula is C14H18N4. The van der Waals surface area contributed by atoms with Crippen LogP contribution in [0.4, 0.5) is 11.8 Å². The van der Waals surface area contributed by atoms with Crippen molar-refractivity contribution < 1.29 is 0 Å². The van der Waals surface area contributed by atoms with Gasteiger partial charge in [-0.1, -0.05) is 29.8 Å². The van der Waals surface area contributed by atoms with Gasteiger partial charge in [0, 0.05) is 25.4 Å². The summed E-state index contributed by atoms with van der Waals surface area (Å²) in [5, 5.41) is 6.26. The molecule has 94 valence electrons. The average Bonchev–Trinajstić information content (AvgIpc) is 2.37. The van der Waals surface area contributed by atoms with Crippen LogP contribution < -0.4 is 10.6 Å². The zero-order valence-electron chi connectivity index (χ0n) is 11.0. The molecule has 0 aliphatic heterocycles. The predicted octanol–water partition coefficient (Wildman–Crippen LogP) is 2.75. The fourth-order valence-corrected chi connectivity index (χ4v) is 1.67. The van der Waals surface area contributed by atoms with Gasteiger partial charge in [-0.2, -0.15) is 4.98 Å². The monoisotopic (exact) mass is 242 g/mol. The fraction of sp³-hybridized carbons (Fsp3) is 0.286. The molecule has 0 radical (unpaired) electrons. The number of nitrogens with zero attached hydrogens (tertiary/aromatic N) is 2. The highest BCUT2D eigenvalue weighted by Gasteiger charge is 2.00. The number of benzene rings is 1. The molecule has 0 unspecified atom stereocenters. The molecule has 1 aromatic carbocycles. The van der Waals surface area contributed by atoms with Gasteiger partial charge >= 0.3 is 0 Å². The number of aromatic nitrogens is 2. The Kier molecular flexibility index (Phi) is 3.77. The maximum Gasteiger partial charge on any atom is 0.224 e. The minimum Gasteiger partial charge on any atom is -0.366 e. The van der Waals surface area contributed by atoms with E-state index in [0.29, 0.717) is 5.95 Å². The quantitative estimate of drug-likeness (QED) is 0.865. The fourth-order valence-electron chi connectivity index (χ4n) is 1.67. The van der Waals surface area contributed by atoms with E-state index in [2.05, 4.69) is 51.8 Å². The van der Waals surface area contributed by atoms with Gasteiger partial charge in [0.1, 0.15) is 5.82 Å². The Hall–Kier alpha value is -2.10. The molecule has 0 saturated heterocycles. The van der Waals surface area contributed by atoms with E-state index in [9.17, 15) is 0 Å². The molecule has 4 heteroatoms. The topological polar surface area (TPSA) is 49.8 Å². The first-order valence-corrected chi connectivity index (χ1v) is 6.00. The molecule has 0 atom stereocenters. The van der Waals surface area contributed by atoms with Gasteiger partial charge in [-0.05, 0) is 19.4 Å². The van der Waals surface area contributed by atoms with Crippen LogP contribution in [0.5, 0.6) is 0 Å². The van der Waals surface area contributed by atoms with Crippen LogP contribution in [0, 0.1) is 13.8 Å². The van der Waals surface area contributed by atoms with E-state index in [4.69, 9.17) is 0 Å². The van der Waals surface area contributed by atoms with Gasteiger partial charge in [0.05, 0.1) is 0 Å². The van der Waals surface area contributed by atoms with Crippen molar-refractivity contribution in [2.75, 3.05) is 17.7 Å². The van der Waals surface area contributed by atoms with Crippen LogP contribution in [0.3, 0.4) is 0 Å². The van der Waals surface area contributed by atoms with Gasteiger partial charge in [0.2, 0.25) is 5.95 Å². The largest absolute Gasteiger partial charge is 0.366 e. The van der Waals surface area contributed by atoms with Crippen molar-refractivity contribution in [2.24, 2.45) is 0 Å². The van der Waals surface area contributed by atoms with Gasteiger partial charge in [-0.25, -0.2) is 4.98 Å². The zero-order chi connectivity index (χ0) is 13.0. The van der Waals surface area contributed by atoms with Gasteiger partial charge in [-0.15, -0.1) is 0 Å².